The zero-order valence-electron chi connectivity index (χ0n) is 13.3. The molecule has 0 aliphatic rings. The van der Waals surface area contributed by atoms with Crippen molar-refractivity contribution in [1.29, 1.82) is 0 Å². The van der Waals surface area contributed by atoms with Crippen molar-refractivity contribution < 1.29 is 18.3 Å². The van der Waals surface area contributed by atoms with Crippen molar-refractivity contribution in [3.63, 3.8) is 0 Å². The smallest absolute Gasteiger partial charge is 0.327 e. The van der Waals surface area contributed by atoms with Crippen molar-refractivity contribution in [2.75, 3.05) is 17.7 Å². The summed E-state index contributed by atoms with van der Waals surface area (Å²) in [6.07, 6.45) is 0.340. The molecule has 7 nitrogen and oxygen atoms in total. The van der Waals surface area contributed by atoms with E-state index in [0.717, 1.165) is 5.56 Å². The number of anilines is 2. The summed E-state index contributed by atoms with van der Waals surface area (Å²) >= 11 is 0. The van der Waals surface area contributed by atoms with Crippen molar-refractivity contribution in [2.45, 2.75) is 6.42 Å². The molecule has 1 heterocycles. The van der Waals surface area contributed by atoms with Gasteiger partial charge in [-0.2, -0.15) is 0 Å². The molecule has 0 radical (unpaired) electrons. The molecular weight excluding hydrogens is 327 g/mol. The Balaban J connectivity index is 1.58. The van der Waals surface area contributed by atoms with Gasteiger partial charge < -0.3 is 14.5 Å². The molecule has 0 fully saturated rings. The highest BCUT2D eigenvalue weighted by atomic mass is 19.1. The molecule has 128 valence electrons. The first-order valence-corrected chi connectivity index (χ1v) is 7.41. The zero-order chi connectivity index (χ0) is 17.6. The Kier molecular flexibility index (Phi) is 4.89. The lowest BCUT2D eigenvalue weighted by Crippen LogP contribution is -2.19. The highest BCUT2D eigenvalue weighted by molar-refractivity contribution is 5.98. The van der Waals surface area contributed by atoms with E-state index in [0.29, 0.717) is 23.7 Å². The number of aromatic nitrogens is 2. The van der Waals surface area contributed by atoms with Gasteiger partial charge in [-0.1, -0.05) is 23.3 Å². The van der Waals surface area contributed by atoms with Crippen LogP contribution < -0.4 is 15.4 Å². The maximum atomic E-state index is 12.9. The third-order valence-corrected chi connectivity index (χ3v) is 3.28. The molecule has 0 aliphatic heterocycles. The first kappa shape index (κ1) is 16.4. The number of hydrogen-bond acceptors (Lipinski definition) is 5. The van der Waals surface area contributed by atoms with Crippen LogP contribution in [0.5, 0.6) is 5.75 Å². The minimum atomic E-state index is -0.523. The number of nitrogens with one attached hydrogen (secondary N) is 2. The molecule has 0 atom stereocenters. The van der Waals surface area contributed by atoms with Crippen molar-refractivity contribution in [3.8, 4) is 5.75 Å². The highest BCUT2D eigenvalue weighted by Gasteiger charge is 2.11. The topological polar surface area (TPSA) is 89.3 Å². The van der Waals surface area contributed by atoms with Gasteiger partial charge in [0, 0.05) is 11.8 Å². The van der Waals surface area contributed by atoms with E-state index >= 15 is 0 Å². The zero-order valence-corrected chi connectivity index (χ0v) is 13.3. The number of amides is 2. The molecule has 3 aromatic rings. The largest absolute Gasteiger partial charge is 0.497 e. The van der Waals surface area contributed by atoms with Gasteiger partial charge in [0.05, 0.1) is 13.5 Å². The number of nitrogens with zero attached hydrogens (tertiary/aromatic N) is 2. The molecular formula is C17H15FN4O3. The summed E-state index contributed by atoms with van der Waals surface area (Å²) in [5, 5.41) is 12.7. The van der Waals surface area contributed by atoms with E-state index < -0.39 is 6.03 Å². The Bertz CT molecular complexity index is 864. The molecule has 0 aliphatic carbocycles. The number of benzene rings is 2. The monoisotopic (exact) mass is 342 g/mol. The van der Waals surface area contributed by atoms with E-state index in [4.69, 9.17) is 9.15 Å². The van der Waals surface area contributed by atoms with Crippen LogP contribution in [0.2, 0.25) is 0 Å². The highest BCUT2D eigenvalue weighted by Crippen LogP contribution is 2.17. The van der Waals surface area contributed by atoms with E-state index in [-0.39, 0.29) is 11.8 Å². The predicted molar refractivity (Wildman–Crippen MR) is 89.1 cm³/mol. The molecule has 0 bridgehead atoms. The van der Waals surface area contributed by atoms with Crippen molar-refractivity contribution in [3.05, 3.63) is 65.8 Å². The van der Waals surface area contributed by atoms with Crippen LogP contribution in [0.4, 0.5) is 20.9 Å². The minimum absolute atomic E-state index is 0.0301. The molecule has 25 heavy (non-hydrogen) atoms. The summed E-state index contributed by atoms with van der Waals surface area (Å²) in [7, 11) is 1.54. The third kappa shape index (κ3) is 4.54. The lowest BCUT2D eigenvalue weighted by atomic mass is 10.1. The van der Waals surface area contributed by atoms with Crippen molar-refractivity contribution in [2.24, 2.45) is 0 Å². The van der Waals surface area contributed by atoms with Gasteiger partial charge in [-0.05, 0) is 29.8 Å². The van der Waals surface area contributed by atoms with Gasteiger partial charge in [-0.25, -0.2) is 9.18 Å². The first-order valence-electron chi connectivity index (χ1n) is 7.41. The fraction of sp³-hybridized carbons (Fsp3) is 0.118. The van der Waals surface area contributed by atoms with Crippen LogP contribution in [-0.2, 0) is 6.42 Å². The number of methoxy groups -OCH3 is 1. The number of carbonyl (C=O) groups excluding carboxylic acids is 1. The molecule has 0 spiro atoms. The second-order valence-electron chi connectivity index (χ2n) is 5.12. The summed E-state index contributed by atoms with van der Waals surface area (Å²) in [6, 6.07) is 12.3. The molecule has 2 amide bonds. The van der Waals surface area contributed by atoms with E-state index in [2.05, 4.69) is 20.8 Å². The normalized spacial score (nSPS) is 10.3. The average Bonchev–Trinajstić information content (AvgIpc) is 3.04. The molecule has 2 aromatic carbocycles. The quantitative estimate of drug-likeness (QED) is 0.741. The number of hydrogen-bond donors (Lipinski definition) is 2. The van der Waals surface area contributed by atoms with Crippen LogP contribution in [0, 0.1) is 5.82 Å². The van der Waals surface area contributed by atoms with Crippen LogP contribution in [0.15, 0.2) is 52.9 Å². The average molecular weight is 342 g/mol. The Morgan fingerprint density at radius 3 is 2.72 bits per heavy atom. The lowest BCUT2D eigenvalue weighted by Gasteiger charge is -2.06. The Morgan fingerprint density at radius 2 is 1.96 bits per heavy atom. The Morgan fingerprint density at radius 1 is 1.16 bits per heavy atom. The van der Waals surface area contributed by atoms with E-state index in [1.54, 1.807) is 43.5 Å². The minimum Gasteiger partial charge on any atom is -0.497 e. The van der Waals surface area contributed by atoms with Gasteiger partial charge in [-0.15, -0.1) is 5.10 Å². The molecule has 3 rings (SSSR count). The van der Waals surface area contributed by atoms with E-state index in [9.17, 15) is 9.18 Å². The first-order chi connectivity index (χ1) is 12.1. The van der Waals surface area contributed by atoms with Crippen LogP contribution >= 0.6 is 0 Å². The molecule has 8 heteroatoms. The van der Waals surface area contributed by atoms with Crippen LogP contribution in [0.3, 0.4) is 0 Å². The van der Waals surface area contributed by atoms with E-state index in [1.807, 2.05) is 0 Å². The Labute approximate surface area is 142 Å². The van der Waals surface area contributed by atoms with Crippen LogP contribution in [0.1, 0.15) is 11.5 Å². The van der Waals surface area contributed by atoms with Gasteiger partial charge in [0.15, 0.2) is 0 Å². The van der Waals surface area contributed by atoms with Crippen molar-refractivity contribution >= 4 is 17.7 Å². The van der Waals surface area contributed by atoms with Gasteiger partial charge in [0.2, 0.25) is 5.89 Å². The van der Waals surface area contributed by atoms with Gasteiger partial charge >= 0.3 is 12.0 Å². The summed E-state index contributed by atoms with van der Waals surface area (Å²) in [5.41, 5.74) is 1.38. The second kappa shape index (κ2) is 7.43. The maximum Gasteiger partial charge on any atom is 0.327 e. The van der Waals surface area contributed by atoms with Crippen LogP contribution in [-0.4, -0.2) is 23.3 Å². The molecule has 1 aromatic heterocycles. The van der Waals surface area contributed by atoms with Gasteiger partial charge in [0.1, 0.15) is 11.6 Å². The third-order valence-electron chi connectivity index (χ3n) is 3.28. The SMILES string of the molecule is COc1cccc(NC(=O)Nc2nnc(Cc3ccc(F)cc3)o2)c1. The Hall–Kier alpha value is -3.42. The standard InChI is InChI=1S/C17H15FN4O3/c1-24-14-4-2-3-13(10-14)19-16(23)20-17-22-21-15(25-17)9-11-5-7-12(18)8-6-11/h2-8,10H,9H2,1H3,(H2,19,20,22,23). The van der Waals surface area contributed by atoms with Crippen LogP contribution in [0.25, 0.3) is 0 Å². The van der Waals surface area contributed by atoms with Gasteiger partial charge in [-0.3, -0.25) is 5.32 Å². The van der Waals surface area contributed by atoms with Gasteiger partial charge in [0.25, 0.3) is 0 Å². The predicted octanol–water partition coefficient (Wildman–Crippen LogP) is 3.45. The summed E-state index contributed by atoms with van der Waals surface area (Å²) < 4.78 is 23.3. The number of carbonyl (C=O) groups is 1. The number of rotatable bonds is 5. The lowest BCUT2D eigenvalue weighted by molar-refractivity contribution is 0.261. The molecule has 2 N–H and O–H groups in total. The fourth-order valence-electron chi connectivity index (χ4n) is 2.11. The summed E-state index contributed by atoms with van der Waals surface area (Å²) in [6.45, 7) is 0. The number of halogens is 1. The number of urea groups is 1. The van der Waals surface area contributed by atoms with Crippen molar-refractivity contribution in [1.82, 2.24) is 10.2 Å². The van der Waals surface area contributed by atoms with E-state index in [1.165, 1.54) is 12.1 Å². The maximum absolute atomic E-state index is 12.9. The summed E-state index contributed by atoms with van der Waals surface area (Å²) in [5.74, 6) is 0.617. The molecule has 0 saturated carbocycles. The molecule has 0 saturated heterocycles. The second-order valence-corrected chi connectivity index (χ2v) is 5.12. The number of ether oxygens (including phenoxy) is 1. The molecule has 0 unspecified atom stereocenters. The summed E-state index contributed by atoms with van der Waals surface area (Å²) in [4.78, 5) is 12.0. The fourth-order valence-corrected chi connectivity index (χ4v) is 2.11.